The molecule has 42 heavy (non-hydrogen) atoms. The van der Waals surface area contributed by atoms with Gasteiger partial charge in [-0.2, -0.15) is 0 Å². The Morgan fingerprint density at radius 2 is 1.81 bits per heavy atom. The van der Waals surface area contributed by atoms with Gasteiger partial charge in [0.25, 0.3) is 5.56 Å². The molecule has 0 saturated heterocycles. The van der Waals surface area contributed by atoms with Crippen molar-refractivity contribution in [2.75, 3.05) is 6.54 Å². The molecule has 11 heteroatoms. The van der Waals surface area contributed by atoms with Gasteiger partial charge in [-0.25, -0.2) is 0 Å². The SMILES string of the molecule is CC(=O)NCCCc1c(C(c2ccc(OC(F)(F)F)cc2)c2c(O)c3cc(Cl)ccc3n(C)c2=O)[nH]c2ccccc12. The van der Waals surface area contributed by atoms with Crippen LogP contribution in [0, 0.1) is 0 Å². The van der Waals surface area contributed by atoms with Crippen LogP contribution in [0.3, 0.4) is 0 Å². The number of carbonyl (C=O) groups excluding carboxylic acids is 1. The van der Waals surface area contributed by atoms with Crippen LogP contribution in [-0.4, -0.2) is 33.5 Å². The lowest BCUT2D eigenvalue weighted by molar-refractivity contribution is -0.274. The highest BCUT2D eigenvalue weighted by Gasteiger charge is 2.33. The number of para-hydroxylation sites is 1. The van der Waals surface area contributed by atoms with Crippen molar-refractivity contribution in [3.05, 3.63) is 104 Å². The van der Waals surface area contributed by atoms with E-state index >= 15 is 0 Å². The van der Waals surface area contributed by atoms with Crippen molar-refractivity contribution >= 4 is 39.3 Å². The van der Waals surface area contributed by atoms with E-state index in [1.165, 1.54) is 35.8 Å². The van der Waals surface area contributed by atoms with E-state index in [1.54, 1.807) is 25.2 Å². The number of aromatic hydroxyl groups is 1. The fourth-order valence-corrected chi connectivity index (χ4v) is 5.56. The lowest BCUT2D eigenvalue weighted by Crippen LogP contribution is -2.25. The Labute approximate surface area is 243 Å². The first-order chi connectivity index (χ1) is 19.9. The fourth-order valence-electron chi connectivity index (χ4n) is 5.39. The molecule has 0 aliphatic rings. The number of hydrogen-bond donors (Lipinski definition) is 3. The molecule has 2 heterocycles. The Morgan fingerprint density at radius 1 is 1.10 bits per heavy atom. The molecule has 0 bridgehead atoms. The number of ether oxygens (including phenoxy) is 1. The molecule has 3 aromatic carbocycles. The van der Waals surface area contributed by atoms with E-state index in [1.807, 2.05) is 24.3 Å². The molecule has 218 valence electrons. The molecule has 1 amide bonds. The number of benzene rings is 3. The van der Waals surface area contributed by atoms with Crippen LogP contribution in [0.25, 0.3) is 21.8 Å². The summed E-state index contributed by atoms with van der Waals surface area (Å²) in [5.74, 6) is -1.76. The highest BCUT2D eigenvalue weighted by Crippen LogP contribution is 2.42. The summed E-state index contributed by atoms with van der Waals surface area (Å²) in [6, 6.07) is 17.6. The molecule has 5 aromatic rings. The second kappa shape index (κ2) is 11.4. The molecule has 3 N–H and O–H groups in total. The first-order valence-corrected chi connectivity index (χ1v) is 13.5. The van der Waals surface area contributed by atoms with Crippen LogP contribution in [0.2, 0.25) is 5.02 Å². The molecular weight excluding hydrogens is 571 g/mol. The molecule has 0 aliphatic heterocycles. The minimum atomic E-state index is -4.87. The molecule has 5 rings (SSSR count). The number of aromatic nitrogens is 2. The van der Waals surface area contributed by atoms with E-state index in [2.05, 4.69) is 15.0 Å². The Morgan fingerprint density at radius 3 is 2.50 bits per heavy atom. The summed E-state index contributed by atoms with van der Waals surface area (Å²) in [5.41, 5.74) is 2.70. The zero-order valence-electron chi connectivity index (χ0n) is 22.7. The van der Waals surface area contributed by atoms with Gasteiger partial charge in [0.15, 0.2) is 0 Å². The van der Waals surface area contributed by atoms with Crippen molar-refractivity contribution in [2.45, 2.75) is 32.0 Å². The van der Waals surface area contributed by atoms with Crippen molar-refractivity contribution in [3.8, 4) is 11.5 Å². The van der Waals surface area contributed by atoms with Gasteiger partial charge in [0.2, 0.25) is 5.91 Å². The number of alkyl halides is 3. The number of amides is 1. The summed E-state index contributed by atoms with van der Waals surface area (Å²) in [6.45, 7) is 1.85. The van der Waals surface area contributed by atoms with Crippen LogP contribution in [0.15, 0.2) is 71.5 Å². The minimum absolute atomic E-state index is 0.0337. The van der Waals surface area contributed by atoms with Gasteiger partial charge in [0.05, 0.1) is 17.0 Å². The van der Waals surface area contributed by atoms with E-state index in [-0.39, 0.29) is 17.2 Å². The Kier molecular flexibility index (Phi) is 7.92. The van der Waals surface area contributed by atoms with Crippen molar-refractivity contribution in [1.29, 1.82) is 0 Å². The Bertz CT molecular complexity index is 1850. The van der Waals surface area contributed by atoms with Crippen molar-refractivity contribution < 1.29 is 27.8 Å². The van der Waals surface area contributed by atoms with Gasteiger partial charge in [0.1, 0.15) is 11.5 Å². The van der Waals surface area contributed by atoms with Crippen LogP contribution in [-0.2, 0) is 18.3 Å². The maximum atomic E-state index is 13.9. The van der Waals surface area contributed by atoms with E-state index in [9.17, 15) is 27.9 Å². The number of aromatic amines is 1. The largest absolute Gasteiger partial charge is 0.573 e. The van der Waals surface area contributed by atoms with Crippen LogP contribution >= 0.6 is 11.6 Å². The van der Waals surface area contributed by atoms with Gasteiger partial charge in [0, 0.05) is 47.5 Å². The zero-order valence-corrected chi connectivity index (χ0v) is 23.4. The lowest BCUT2D eigenvalue weighted by Gasteiger charge is -2.22. The Hall–Kier alpha value is -4.44. The van der Waals surface area contributed by atoms with Crippen molar-refractivity contribution in [1.82, 2.24) is 14.9 Å². The van der Waals surface area contributed by atoms with E-state index in [4.69, 9.17) is 11.6 Å². The van der Waals surface area contributed by atoms with E-state index < -0.39 is 23.6 Å². The first-order valence-electron chi connectivity index (χ1n) is 13.2. The van der Waals surface area contributed by atoms with Crippen molar-refractivity contribution in [2.24, 2.45) is 7.05 Å². The van der Waals surface area contributed by atoms with Gasteiger partial charge in [-0.1, -0.05) is 41.9 Å². The number of fused-ring (bicyclic) bond motifs is 2. The van der Waals surface area contributed by atoms with Crippen LogP contribution < -0.4 is 15.6 Å². The second-order valence-corrected chi connectivity index (χ2v) is 10.4. The third-order valence-corrected chi connectivity index (χ3v) is 7.45. The number of hydrogen-bond acceptors (Lipinski definition) is 4. The van der Waals surface area contributed by atoms with Crippen LogP contribution in [0.5, 0.6) is 11.5 Å². The molecule has 1 unspecified atom stereocenters. The normalized spacial score (nSPS) is 12.5. The molecule has 0 fully saturated rings. The number of carbonyl (C=O) groups is 1. The third kappa shape index (κ3) is 5.80. The number of nitrogens with one attached hydrogen (secondary N) is 2. The molecule has 2 aromatic heterocycles. The number of halogens is 4. The topological polar surface area (TPSA) is 96.3 Å². The first kappa shape index (κ1) is 29.1. The quantitative estimate of drug-likeness (QED) is 0.177. The van der Waals surface area contributed by atoms with E-state index in [0.29, 0.717) is 46.6 Å². The number of pyridine rings is 1. The summed E-state index contributed by atoms with van der Waals surface area (Å²) in [5, 5.41) is 16.0. The summed E-state index contributed by atoms with van der Waals surface area (Å²) in [4.78, 5) is 28.8. The third-order valence-electron chi connectivity index (χ3n) is 7.21. The standard InChI is InChI=1S/C31H27ClF3N3O4/c1-17(39)36-15-5-7-22-21-6-3-4-8-24(21)37-28(22)26(18-9-12-20(13-10-18)42-31(33,34)35)27-29(40)23-16-19(32)11-14-25(23)38(2)30(27)41/h3-4,6,8-14,16,26,37,40H,5,7,15H2,1-2H3,(H,36,39). The smallest absolute Gasteiger partial charge is 0.507 e. The van der Waals surface area contributed by atoms with Gasteiger partial charge < -0.3 is 24.7 Å². The summed E-state index contributed by atoms with van der Waals surface area (Å²) in [6.07, 6.45) is -3.78. The van der Waals surface area contributed by atoms with Gasteiger partial charge in [-0.3, -0.25) is 9.59 Å². The predicted molar refractivity (Wildman–Crippen MR) is 155 cm³/mol. The molecule has 0 aliphatic carbocycles. The molecule has 0 radical (unpaired) electrons. The van der Waals surface area contributed by atoms with Crippen LogP contribution in [0.1, 0.15) is 41.6 Å². The maximum absolute atomic E-state index is 13.9. The number of H-pyrrole nitrogens is 1. The highest BCUT2D eigenvalue weighted by molar-refractivity contribution is 6.31. The molecule has 0 spiro atoms. The van der Waals surface area contributed by atoms with Gasteiger partial charge in [-0.05, 0) is 60.4 Å². The average molecular weight is 598 g/mol. The minimum Gasteiger partial charge on any atom is -0.507 e. The number of nitrogens with zero attached hydrogens (tertiary/aromatic N) is 1. The molecular formula is C31H27ClF3N3O4. The maximum Gasteiger partial charge on any atom is 0.573 e. The zero-order chi connectivity index (χ0) is 30.2. The lowest BCUT2D eigenvalue weighted by atomic mass is 9.85. The summed E-state index contributed by atoms with van der Waals surface area (Å²) >= 11 is 6.25. The van der Waals surface area contributed by atoms with Crippen LogP contribution in [0.4, 0.5) is 13.2 Å². The summed E-state index contributed by atoms with van der Waals surface area (Å²) < 4.78 is 44.1. The van der Waals surface area contributed by atoms with E-state index in [0.717, 1.165) is 16.5 Å². The predicted octanol–water partition coefficient (Wildman–Crippen LogP) is 6.53. The Balaban J connectivity index is 1.76. The molecule has 7 nitrogen and oxygen atoms in total. The van der Waals surface area contributed by atoms with Gasteiger partial charge >= 0.3 is 6.36 Å². The average Bonchev–Trinajstić information content (AvgIpc) is 3.29. The summed E-state index contributed by atoms with van der Waals surface area (Å²) in [7, 11) is 1.58. The molecule has 0 saturated carbocycles. The fraction of sp³-hybridized carbons (Fsp3) is 0.226. The monoisotopic (exact) mass is 597 g/mol. The van der Waals surface area contributed by atoms with Crippen molar-refractivity contribution in [3.63, 3.8) is 0 Å². The second-order valence-electron chi connectivity index (χ2n) is 9.99. The number of aryl methyl sites for hydroxylation is 2. The molecule has 1 atom stereocenters. The highest BCUT2D eigenvalue weighted by atomic mass is 35.5. The van der Waals surface area contributed by atoms with Gasteiger partial charge in [-0.15, -0.1) is 13.2 Å². The number of rotatable bonds is 8.